The zero-order chi connectivity index (χ0) is 6.41. The van der Waals surface area contributed by atoms with Crippen molar-refractivity contribution in [2.24, 2.45) is 0 Å². The molecule has 0 aliphatic rings. The van der Waals surface area contributed by atoms with Crippen molar-refractivity contribution < 1.29 is 9.84 Å². The highest BCUT2D eigenvalue weighted by molar-refractivity contribution is 4.38. The molecule has 0 heterocycles. The van der Waals surface area contributed by atoms with Crippen molar-refractivity contribution in [3.8, 4) is 0 Å². The summed E-state index contributed by atoms with van der Waals surface area (Å²) >= 11 is 0. The van der Waals surface area contributed by atoms with Crippen LogP contribution >= 0.6 is 0 Å². The lowest BCUT2D eigenvalue weighted by Crippen LogP contribution is -2.23. The first-order valence-electron chi connectivity index (χ1n) is 2.59. The van der Waals surface area contributed by atoms with Gasteiger partial charge in [-0.3, -0.25) is 4.90 Å². The van der Waals surface area contributed by atoms with Crippen LogP contribution in [0.1, 0.15) is 0 Å². The van der Waals surface area contributed by atoms with Gasteiger partial charge >= 0.3 is 0 Å². The van der Waals surface area contributed by atoms with Crippen LogP contribution in [-0.4, -0.2) is 44.0 Å². The third kappa shape index (κ3) is 4.05. The maximum absolute atomic E-state index is 8.37. The minimum atomic E-state index is 0.194. The van der Waals surface area contributed by atoms with Gasteiger partial charge in [-0.05, 0) is 7.05 Å². The van der Waals surface area contributed by atoms with Crippen LogP contribution in [0.2, 0.25) is 0 Å². The summed E-state index contributed by atoms with van der Waals surface area (Å²) in [5, 5.41) is 8.37. The fraction of sp³-hybridized carbons (Fsp3) is 1.00. The van der Waals surface area contributed by atoms with E-state index in [1.165, 1.54) is 0 Å². The summed E-state index contributed by atoms with van der Waals surface area (Å²) in [7, 11) is 3.52. The molecule has 0 bridgehead atoms. The van der Waals surface area contributed by atoms with Crippen molar-refractivity contribution in [3.63, 3.8) is 0 Å². The molecular formula is C5H13NO2. The molecule has 0 aromatic rings. The molecule has 0 atom stereocenters. The van der Waals surface area contributed by atoms with Crippen molar-refractivity contribution in [2.45, 2.75) is 0 Å². The number of likely N-dealkylation sites (N-methyl/N-ethyl adjacent to an activating group) is 1. The largest absolute Gasteiger partial charge is 0.395 e. The molecule has 0 amide bonds. The minimum absolute atomic E-state index is 0.194. The zero-order valence-electron chi connectivity index (χ0n) is 5.42. The Bertz CT molecular complexity index is 43.7. The molecule has 0 saturated carbocycles. The molecule has 50 valence electrons. The van der Waals surface area contributed by atoms with Crippen molar-refractivity contribution in [3.05, 3.63) is 0 Å². The summed E-state index contributed by atoms with van der Waals surface area (Å²) in [5.41, 5.74) is 0. The minimum Gasteiger partial charge on any atom is -0.395 e. The maximum atomic E-state index is 8.37. The number of hydrogen-bond donors (Lipinski definition) is 1. The Morgan fingerprint density at radius 2 is 2.25 bits per heavy atom. The average Bonchev–Trinajstić information content (AvgIpc) is 1.68. The zero-order valence-corrected chi connectivity index (χ0v) is 5.42. The van der Waals surface area contributed by atoms with E-state index < -0.39 is 0 Å². The van der Waals surface area contributed by atoms with Crippen LogP contribution in [0.4, 0.5) is 0 Å². The van der Waals surface area contributed by atoms with Crippen LogP contribution < -0.4 is 0 Å². The van der Waals surface area contributed by atoms with Crippen molar-refractivity contribution in [1.82, 2.24) is 4.90 Å². The Kier molecular flexibility index (Phi) is 4.95. The second-order valence-corrected chi connectivity index (χ2v) is 1.72. The average molecular weight is 119 g/mol. The third-order valence-corrected chi connectivity index (χ3v) is 0.831. The third-order valence-electron chi connectivity index (χ3n) is 0.831. The van der Waals surface area contributed by atoms with E-state index in [0.29, 0.717) is 13.3 Å². The Morgan fingerprint density at radius 1 is 1.62 bits per heavy atom. The maximum Gasteiger partial charge on any atom is 0.0984 e. The molecule has 0 aromatic carbocycles. The quantitative estimate of drug-likeness (QED) is 0.507. The first-order chi connectivity index (χ1) is 3.81. The molecule has 0 aliphatic carbocycles. The van der Waals surface area contributed by atoms with Gasteiger partial charge in [0.25, 0.3) is 0 Å². The number of hydrogen-bond acceptors (Lipinski definition) is 3. The van der Waals surface area contributed by atoms with E-state index in [1.807, 2.05) is 11.9 Å². The van der Waals surface area contributed by atoms with E-state index in [2.05, 4.69) is 0 Å². The second-order valence-electron chi connectivity index (χ2n) is 1.72. The summed E-state index contributed by atoms with van der Waals surface area (Å²) in [6, 6.07) is 0. The number of ether oxygens (including phenoxy) is 1. The molecule has 3 heteroatoms. The lowest BCUT2D eigenvalue weighted by molar-refractivity contribution is 0.0695. The van der Waals surface area contributed by atoms with Crippen LogP contribution in [0.15, 0.2) is 0 Å². The molecule has 0 fully saturated rings. The summed E-state index contributed by atoms with van der Waals surface area (Å²) < 4.78 is 4.77. The Balaban J connectivity index is 2.92. The lowest BCUT2D eigenvalue weighted by Gasteiger charge is -2.11. The van der Waals surface area contributed by atoms with Gasteiger partial charge in [-0.25, -0.2) is 0 Å². The predicted molar refractivity (Wildman–Crippen MR) is 31.6 cm³/mol. The van der Waals surface area contributed by atoms with Crippen LogP contribution in [0.25, 0.3) is 0 Å². The molecule has 8 heavy (non-hydrogen) atoms. The Hall–Kier alpha value is -0.120. The molecule has 0 spiro atoms. The van der Waals surface area contributed by atoms with Crippen molar-refractivity contribution >= 4 is 0 Å². The molecule has 0 rings (SSSR count). The smallest absolute Gasteiger partial charge is 0.0984 e. The lowest BCUT2D eigenvalue weighted by atomic mass is 10.6. The van der Waals surface area contributed by atoms with E-state index >= 15 is 0 Å². The molecule has 0 radical (unpaired) electrons. The second kappa shape index (κ2) is 5.03. The number of rotatable bonds is 4. The molecule has 0 aromatic heterocycles. The standard InChI is InChI=1S/C5H13NO2/c1-6(3-4-7)5-8-2/h7H,3-5H2,1-2H3. The number of aliphatic hydroxyl groups is 1. The van der Waals surface area contributed by atoms with E-state index in [9.17, 15) is 0 Å². The number of nitrogens with zero attached hydrogens (tertiary/aromatic N) is 1. The van der Waals surface area contributed by atoms with Crippen LogP contribution in [-0.2, 0) is 4.74 Å². The summed E-state index contributed by atoms with van der Waals surface area (Å²) in [4.78, 5) is 1.89. The predicted octanol–water partition coefficient (Wildman–Crippen LogP) is -0.486. The van der Waals surface area contributed by atoms with Crippen LogP contribution in [0.5, 0.6) is 0 Å². The summed E-state index contributed by atoms with van der Waals surface area (Å²) in [6.07, 6.45) is 0. The van der Waals surface area contributed by atoms with Gasteiger partial charge in [0, 0.05) is 13.7 Å². The van der Waals surface area contributed by atoms with E-state index in [1.54, 1.807) is 7.11 Å². The van der Waals surface area contributed by atoms with Gasteiger partial charge in [-0.2, -0.15) is 0 Å². The van der Waals surface area contributed by atoms with E-state index in [4.69, 9.17) is 9.84 Å². The van der Waals surface area contributed by atoms with Crippen molar-refractivity contribution in [2.75, 3.05) is 34.0 Å². The fourth-order valence-corrected chi connectivity index (χ4v) is 0.456. The number of aliphatic hydroxyl groups excluding tert-OH is 1. The highest BCUT2D eigenvalue weighted by Gasteiger charge is 1.91. The van der Waals surface area contributed by atoms with Gasteiger partial charge in [-0.15, -0.1) is 0 Å². The molecule has 0 unspecified atom stereocenters. The molecule has 3 nitrogen and oxygen atoms in total. The van der Waals surface area contributed by atoms with Gasteiger partial charge in [0.05, 0.1) is 13.3 Å². The van der Waals surface area contributed by atoms with Crippen LogP contribution in [0, 0.1) is 0 Å². The van der Waals surface area contributed by atoms with Crippen molar-refractivity contribution in [1.29, 1.82) is 0 Å². The van der Waals surface area contributed by atoms with E-state index in [0.717, 1.165) is 0 Å². The molecule has 1 N–H and O–H groups in total. The Labute approximate surface area is 49.9 Å². The first-order valence-corrected chi connectivity index (χ1v) is 2.59. The van der Waals surface area contributed by atoms with Gasteiger partial charge in [0.1, 0.15) is 0 Å². The summed E-state index contributed by atoms with van der Waals surface area (Å²) in [5.74, 6) is 0. The SMILES string of the molecule is COCN(C)CCO. The van der Waals surface area contributed by atoms with Gasteiger partial charge < -0.3 is 9.84 Å². The number of methoxy groups -OCH3 is 1. The van der Waals surface area contributed by atoms with Crippen LogP contribution in [0.3, 0.4) is 0 Å². The fourth-order valence-electron chi connectivity index (χ4n) is 0.456. The monoisotopic (exact) mass is 119 g/mol. The molecular weight excluding hydrogens is 106 g/mol. The highest BCUT2D eigenvalue weighted by atomic mass is 16.5. The van der Waals surface area contributed by atoms with Gasteiger partial charge in [-0.1, -0.05) is 0 Å². The van der Waals surface area contributed by atoms with E-state index in [-0.39, 0.29) is 6.61 Å². The normalized spacial score (nSPS) is 10.5. The first kappa shape index (κ1) is 7.88. The summed E-state index contributed by atoms with van der Waals surface area (Å²) in [6.45, 7) is 1.45. The topological polar surface area (TPSA) is 32.7 Å². The molecule has 0 saturated heterocycles. The molecule has 0 aliphatic heterocycles. The van der Waals surface area contributed by atoms with Gasteiger partial charge in [0.15, 0.2) is 0 Å². The Morgan fingerprint density at radius 3 is 2.62 bits per heavy atom. The highest BCUT2D eigenvalue weighted by Crippen LogP contribution is 1.78. The van der Waals surface area contributed by atoms with Gasteiger partial charge in [0.2, 0.25) is 0 Å².